The van der Waals surface area contributed by atoms with Gasteiger partial charge in [-0.25, -0.2) is 4.98 Å². The van der Waals surface area contributed by atoms with Gasteiger partial charge in [0.2, 0.25) is 5.56 Å². The molecule has 4 aromatic heterocycles. The van der Waals surface area contributed by atoms with E-state index in [1.54, 1.807) is 48.5 Å². The monoisotopic (exact) mass is 479 g/mol. The maximum absolute atomic E-state index is 12.8. The molecule has 1 saturated heterocycles. The van der Waals surface area contributed by atoms with Gasteiger partial charge in [-0.2, -0.15) is 23.5 Å². The molecular formula is C24H20F3N7O. The first-order valence-electron chi connectivity index (χ1n) is 10.8. The summed E-state index contributed by atoms with van der Waals surface area (Å²) in [7, 11) is 1.66. The van der Waals surface area contributed by atoms with E-state index < -0.39 is 18.3 Å². The van der Waals surface area contributed by atoms with E-state index >= 15 is 0 Å². The van der Waals surface area contributed by atoms with Crippen molar-refractivity contribution in [2.45, 2.75) is 18.1 Å². The zero-order chi connectivity index (χ0) is 24.8. The van der Waals surface area contributed by atoms with Gasteiger partial charge >= 0.3 is 6.18 Å². The lowest BCUT2D eigenvalue weighted by Gasteiger charge is -2.49. The average molecular weight is 479 g/mol. The Morgan fingerprint density at radius 2 is 1.97 bits per heavy atom. The van der Waals surface area contributed by atoms with E-state index in [4.69, 9.17) is 4.98 Å². The molecular weight excluding hydrogens is 459 g/mol. The maximum Gasteiger partial charge on any atom is 0.401 e. The molecule has 0 aromatic carbocycles. The molecule has 0 radical (unpaired) electrons. The van der Waals surface area contributed by atoms with Crippen molar-refractivity contribution >= 4 is 10.9 Å². The third-order valence-corrected chi connectivity index (χ3v) is 6.15. The molecule has 0 aliphatic carbocycles. The minimum Gasteiger partial charge on any atom is -0.318 e. The molecule has 0 atom stereocenters. The van der Waals surface area contributed by atoms with Crippen molar-refractivity contribution in [2.75, 3.05) is 19.6 Å². The number of aromatic nitrogens is 5. The standard InChI is InChI=1S/C24H20F3N7O/c1-32-12-16(4-5-21(32)35)19-11-20-17(3-2-9-29-20)22(30-19)18-6-10-34(31-18)23(7-8-28)13-33(14-23)15-24(25,26)27/h2-6,9-12H,7,13-15H2,1H3. The van der Waals surface area contributed by atoms with Crippen LogP contribution in [0.2, 0.25) is 0 Å². The van der Waals surface area contributed by atoms with Crippen LogP contribution < -0.4 is 5.56 Å². The molecule has 178 valence electrons. The first-order valence-corrected chi connectivity index (χ1v) is 10.8. The lowest BCUT2D eigenvalue weighted by atomic mass is 9.87. The van der Waals surface area contributed by atoms with Crippen LogP contribution in [-0.4, -0.2) is 55.0 Å². The predicted molar refractivity (Wildman–Crippen MR) is 122 cm³/mol. The van der Waals surface area contributed by atoms with Gasteiger partial charge in [-0.05, 0) is 30.3 Å². The van der Waals surface area contributed by atoms with Gasteiger partial charge in [0.25, 0.3) is 0 Å². The molecule has 5 heterocycles. The highest BCUT2D eigenvalue weighted by atomic mass is 19.4. The molecule has 0 bridgehead atoms. The van der Waals surface area contributed by atoms with Gasteiger partial charge < -0.3 is 4.57 Å². The van der Waals surface area contributed by atoms with Crippen LogP contribution in [0.5, 0.6) is 0 Å². The van der Waals surface area contributed by atoms with Gasteiger partial charge in [0.05, 0.1) is 30.2 Å². The van der Waals surface area contributed by atoms with E-state index in [9.17, 15) is 23.2 Å². The highest BCUT2D eigenvalue weighted by Gasteiger charge is 2.48. The van der Waals surface area contributed by atoms with Crippen molar-refractivity contribution in [2.24, 2.45) is 7.05 Å². The average Bonchev–Trinajstić information content (AvgIpc) is 3.28. The van der Waals surface area contributed by atoms with E-state index in [0.717, 1.165) is 10.9 Å². The molecule has 1 fully saturated rings. The van der Waals surface area contributed by atoms with Gasteiger partial charge in [0.1, 0.15) is 16.9 Å². The number of fused-ring (bicyclic) bond motifs is 1. The number of halogens is 3. The van der Waals surface area contributed by atoms with Crippen LogP contribution in [0.15, 0.2) is 59.8 Å². The van der Waals surface area contributed by atoms with Crippen molar-refractivity contribution in [3.8, 4) is 28.7 Å². The second-order valence-corrected chi connectivity index (χ2v) is 8.76. The summed E-state index contributed by atoms with van der Waals surface area (Å²) in [5.41, 5.74) is 2.10. The Kier molecular flexibility index (Phi) is 5.40. The lowest BCUT2D eigenvalue weighted by molar-refractivity contribution is -0.167. The summed E-state index contributed by atoms with van der Waals surface area (Å²) in [6.45, 7) is -0.863. The second-order valence-electron chi connectivity index (χ2n) is 8.76. The van der Waals surface area contributed by atoms with Crippen molar-refractivity contribution in [1.82, 2.24) is 29.2 Å². The van der Waals surface area contributed by atoms with Crippen LogP contribution in [0.25, 0.3) is 33.5 Å². The fraction of sp³-hybridized carbons (Fsp3) is 0.292. The second kappa shape index (κ2) is 8.32. The summed E-state index contributed by atoms with van der Waals surface area (Å²) < 4.78 is 41.5. The minimum atomic E-state index is -4.30. The lowest BCUT2D eigenvalue weighted by Crippen LogP contribution is -2.64. The Balaban J connectivity index is 1.55. The number of hydrogen-bond acceptors (Lipinski definition) is 6. The Morgan fingerprint density at radius 1 is 1.17 bits per heavy atom. The van der Waals surface area contributed by atoms with Crippen LogP contribution in [0.4, 0.5) is 13.2 Å². The van der Waals surface area contributed by atoms with Crippen molar-refractivity contribution in [3.05, 3.63) is 65.3 Å². The summed E-state index contributed by atoms with van der Waals surface area (Å²) in [6, 6.07) is 12.5. The van der Waals surface area contributed by atoms with Crippen LogP contribution >= 0.6 is 0 Å². The Hall–Kier alpha value is -4.04. The number of alkyl halides is 3. The van der Waals surface area contributed by atoms with Crippen molar-refractivity contribution < 1.29 is 13.2 Å². The normalized spacial score (nSPS) is 15.6. The molecule has 0 amide bonds. The number of hydrogen-bond donors (Lipinski definition) is 0. The number of nitrogens with zero attached hydrogens (tertiary/aromatic N) is 7. The molecule has 4 aromatic rings. The molecule has 1 aliphatic rings. The Bertz CT molecular complexity index is 1510. The molecule has 5 rings (SSSR count). The summed E-state index contributed by atoms with van der Waals surface area (Å²) in [6.07, 6.45) is 0.774. The topological polar surface area (TPSA) is 92.6 Å². The third-order valence-electron chi connectivity index (χ3n) is 6.15. The van der Waals surface area contributed by atoms with Gasteiger partial charge in [0, 0.05) is 55.7 Å². The smallest absolute Gasteiger partial charge is 0.318 e. The predicted octanol–water partition coefficient (Wildman–Crippen LogP) is 3.35. The number of likely N-dealkylation sites (tertiary alicyclic amines) is 1. The zero-order valence-corrected chi connectivity index (χ0v) is 18.7. The SMILES string of the molecule is Cn1cc(-c2cc3ncccc3c(-c3ccn(C4(CC#N)CN(CC(F)(F)F)C4)n3)n2)ccc1=O. The van der Waals surface area contributed by atoms with E-state index in [-0.39, 0.29) is 25.1 Å². The fourth-order valence-electron chi connectivity index (χ4n) is 4.51. The van der Waals surface area contributed by atoms with Crippen molar-refractivity contribution in [1.29, 1.82) is 5.26 Å². The third kappa shape index (κ3) is 4.28. The van der Waals surface area contributed by atoms with E-state index in [2.05, 4.69) is 16.2 Å². The van der Waals surface area contributed by atoms with E-state index in [1.807, 2.05) is 12.1 Å². The highest BCUT2D eigenvalue weighted by Crippen LogP contribution is 2.36. The Labute approximate surface area is 197 Å². The van der Waals surface area contributed by atoms with Crippen LogP contribution in [0.1, 0.15) is 6.42 Å². The number of pyridine rings is 3. The Morgan fingerprint density at radius 3 is 2.69 bits per heavy atom. The maximum atomic E-state index is 12.8. The first kappa shape index (κ1) is 22.7. The van der Waals surface area contributed by atoms with Gasteiger partial charge in [-0.3, -0.25) is 19.4 Å². The molecule has 8 nitrogen and oxygen atoms in total. The molecule has 11 heteroatoms. The molecule has 0 spiro atoms. The van der Waals surface area contributed by atoms with E-state index in [0.29, 0.717) is 22.6 Å². The van der Waals surface area contributed by atoms with Gasteiger partial charge in [-0.15, -0.1) is 0 Å². The first-order chi connectivity index (χ1) is 16.7. The fourth-order valence-corrected chi connectivity index (χ4v) is 4.51. The number of rotatable bonds is 5. The zero-order valence-electron chi connectivity index (χ0n) is 18.7. The molecule has 35 heavy (non-hydrogen) atoms. The van der Waals surface area contributed by atoms with Crippen LogP contribution in [-0.2, 0) is 12.6 Å². The number of nitriles is 1. The molecule has 1 aliphatic heterocycles. The molecule has 0 N–H and O–H groups in total. The summed E-state index contributed by atoms with van der Waals surface area (Å²) in [5, 5.41) is 14.8. The summed E-state index contributed by atoms with van der Waals surface area (Å²) in [5.74, 6) is 0. The van der Waals surface area contributed by atoms with Crippen LogP contribution in [0, 0.1) is 11.3 Å². The quantitative estimate of drug-likeness (QED) is 0.436. The number of aryl methyl sites for hydroxylation is 1. The van der Waals surface area contributed by atoms with Gasteiger partial charge in [0.15, 0.2) is 0 Å². The molecule has 0 saturated carbocycles. The summed E-state index contributed by atoms with van der Waals surface area (Å²) >= 11 is 0. The van der Waals surface area contributed by atoms with E-state index in [1.165, 1.54) is 15.5 Å². The highest BCUT2D eigenvalue weighted by molar-refractivity contribution is 5.93. The minimum absolute atomic E-state index is 0.0380. The largest absolute Gasteiger partial charge is 0.401 e. The van der Waals surface area contributed by atoms with Crippen molar-refractivity contribution in [3.63, 3.8) is 0 Å². The van der Waals surface area contributed by atoms with Gasteiger partial charge in [-0.1, -0.05) is 0 Å². The van der Waals surface area contributed by atoms with Crippen LogP contribution in [0.3, 0.4) is 0 Å². The molecule has 0 unspecified atom stereocenters. The summed E-state index contributed by atoms with van der Waals surface area (Å²) in [4.78, 5) is 22.3.